The van der Waals surface area contributed by atoms with Crippen molar-refractivity contribution < 1.29 is 14.6 Å². The van der Waals surface area contributed by atoms with Gasteiger partial charge in [0.25, 0.3) is 0 Å². The zero-order valence-corrected chi connectivity index (χ0v) is 18.2. The second-order valence-corrected chi connectivity index (χ2v) is 10.2. The number of rotatable bonds is 4. The molecule has 150 valence electrons. The first kappa shape index (κ1) is 21.5. The number of ether oxygens (including phenoxy) is 2. The lowest BCUT2D eigenvalue weighted by atomic mass is 9.57. The average molecular weight is 365 g/mol. The van der Waals surface area contributed by atoms with Crippen molar-refractivity contribution in [2.75, 3.05) is 13.2 Å². The van der Waals surface area contributed by atoms with E-state index >= 15 is 0 Å². The molecule has 3 nitrogen and oxygen atoms in total. The van der Waals surface area contributed by atoms with Crippen LogP contribution in [-0.2, 0) is 9.47 Å². The summed E-state index contributed by atoms with van der Waals surface area (Å²) in [4.78, 5) is 0. The standard InChI is InChI=1S/C23H40O3/c1-9-11-16-14-25-20(26-15-16)17-12-18(21(3,4)5)19(24)23(10-2,13-17)22(6,7)8/h12,16,20,24H,9-11,13-15H2,1-8H3. The molecule has 0 saturated carbocycles. The monoisotopic (exact) mass is 364 g/mol. The lowest BCUT2D eigenvalue weighted by Crippen LogP contribution is -2.43. The summed E-state index contributed by atoms with van der Waals surface area (Å²) in [5.74, 6) is 1.06. The molecule has 1 atom stereocenters. The second kappa shape index (κ2) is 7.67. The summed E-state index contributed by atoms with van der Waals surface area (Å²) in [6.45, 7) is 19.1. The molecule has 26 heavy (non-hydrogen) atoms. The third kappa shape index (κ3) is 4.04. The van der Waals surface area contributed by atoms with Gasteiger partial charge in [0.1, 0.15) is 5.76 Å². The van der Waals surface area contributed by atoms with Crippen LogP contribution in [0.3, 0.4) is 0 Å². The van der Waals surface area contributed by atoms with Crippen LogP contribution in [0.25, 0.3) is 0 Å². The fourth-order valence-corrected chi connectivity index (χ4v) is 4.49. The van der Waals surface area contributed by atoms with Gasteiger partial charge in [-0.05, 0) is 41.2 Å². The first-order valence-corrected chi connectivity index (χ1v) is 10.3. The van der Waals surface area contributed by atoms with Crippen LogP contribution in [0, 0.1) is 22.2 Å². The van der Waals surface area contributed by atoms with E-state index in [0.29, 0.717) is 11.7 Å². The minimum Gasteiger partial charge on any atom is -0.511 e. The zero-order valence-electron chi connectivity index (χ0n) is 18.2. The number of hydrogen-bond donors (Lipinski definition) is 1. The molecule has 0 aromatic rings. The molecule has 2 rings (SSSR count). The molecule has 1 aliphatic carbocycles. The van der Waals surface area contributed by atoms with Crippen LogP contribution in [0.5, 0.6) is 0 Å². The first-order valence-electron chi connectivity index (χ1n) is 10.3. The summed E-state index contributed by atoms with van der Waals surface area (Å²) in [5.41, 5.74) is 1.74. The topological polar surface area (TPSA) is 38.7 Å². The van der Waals surface area contributed by atoms with Crippen LogP contribution in [0.4, 0.5) is 0 Å². The van der Waals surface area contributed by atoms with Gasteiger partial charge >= 0.3 is 0 Å². The molecule has 1 fully saturated rings. The molecular formula is C23H40O3. The molecule has 0 spiro atoms. The molecule has 0 aromatic carbocycles. The van der Waals surface area contributed by atoms with Crippen molar-refractivity contribution in [3.63, 3.8) is 0 Å². The summed E-state index contributed by atoms with van der Waals surface area (Å²) in [5, 5.41) is 11.3. The third-order valence-corrected chi connectivity index (χ3v) is 6.36. The Bertz CT molecular complexity index is 551. The Morgan fingerprint density at radius 1 is 1.08 bits per heavy atom. The molecule has 3 heteroatoms. The predicted octanol–water partition coefficient (Wildman–Crippen LogP) is 6.41. The molecule has 1 saturated heterocycles. The van der Waals surface area contributed by atoms with E-state index in [2.05, 4.69) is 61.5 Å². The summed E-state index contributed by atoms with van der Waals surface area (Å²) in [6, 6.07) is 0. The van der Waals surface area contributed by atoms with E-state index in [1.807, 2.05) is 0 Å². The predicted molar refractivity (Wildman–Crippen MR) is 108 cm³/mol. The summed E-state index contributed by atoms with van der Waals surface area (Å²) in [7, 11) is 0. The van der Waals surface area contributed by atoms with Gasteiger partial charge in [-0.25, -0.2) is 0 Å². The fourth-order valence-electron chi connectivity index (χ4n) is 4.49. The molecule has 0 bridgehead atoms. The van der Waals surface area contributed by atoms with Crippen LogP contribution in [-0.4, -0.2) is 24.6 Å². The Kier molecular flexibility index (Phi) is 6.35. The Labute approximate surface area is 160 Å². The molecule has 0 radical (unpaired) electrons. The van der Waals surface area contributed by atoms with Crippen LogP contribution in [0.15, 0.2) is 23.0 Å². The van der Waals surface area contributed by atoms with E-state index in [-0.39, 0.29) is 22.5 Å². The summed E-state index contributed by atoms with van der Waals surface area (Å²) in [6.07, 6.45) is 5.88. The number of aliphatic hydroxyl groups excluding tert-OH is 1. The van der Waals surface area contributed by atoms with E-state index in [4.69, 9.17) is 9.47 Å². The lowest BCUT2D eigenvalue weighted by Gasteiger charge is -2.49. The van der Waals surface area contributed by atoms with Crippen molar-refractivity contribution in [1.82, 2.24) is 0 Å². The van der Waals surface area contributed by atoms with Crippen LogP contribution in [0.1, 0.15) is 81.1 Å². The van der Waals surface area contributed by atoms with Crippen LogP contribution in [0.2, 0.25) is 0 Å². The maximum absolute atomic E-state index is 11.3. The molecule has 0 amide bonds. The highest BCUT2D eigenvalue weighted by Gasteiger charge is 2.49. The SMILES string of the molecule is CCCC1COC(C2=CC(C(C)(C)C)=C(O)C(CC)(C(C)(C)C)C2)OC1. The van der Waals surface area contributed by atoms with Gasteiger partial charge in [-0.2, -0.15) is 0 Å². The lowest BCUT2D eigenvalue weighted by molar-refractivity contribution is -0.184. The van der Waals surface area contributed by atoms with Gasteiger partial charge in [-0.1, -0.05) is 67.9 Å². The summed E-state index contributed by atoms with van der Waals surface area (Å²) >= 11 is 0. The van der Waals surface area contributed by atoms with E-state index in [1.54, 1.807) is 0 Å². The Balaban J connectivity index is 2.39. The third-order valence-electron chi connectivity index (χ3n) is 6.36. The van der Waals surface area contributed by atoms with Crippen LogP contribution >= 0.6 is 0 Å². The van der Waals surface area contributed by atoms with Crippen LogP contribution < -0.4 is 0 Å². The van der Waals surface area contributed by atoms with Crippen molar-refractivity contribution in [2.24, 2.45) is 22.2 Å². The number of hydrogen-bond acceptors (Lipinski definition) is 3. The maximum Gasteiger partial charge on any atom is 0.180 e. The first-order chi connectivity index (χ1) is 12.0. The normalized spacial score (nSPS) is 31.2. The summed E-state index contributed by atoms with van der Waals surface area (Å²) < 4.78 is 12.3. The smallest absolute Gasteiger partial charge is 0.180 e. The van der Waals surface area contributed by atoms with Crippen molar-refractivity contribution >= 4 is 0 Å². The minimum absolute atomic E-state index is 0.0543. The maximum atomic E-state index is 11.3. The molecule has 1 heterocycles. The molecular weight excluding hydrogens is 324 g/mol. The second-order valence-electron chi connectivity index (χ2n) is 10.2. The highest BCUT2D eigenvalue weighted by Crippen LogP contribution is 2.56. The van der Waals surface area contributed by atoms with Gasteiger partial charge in [0.05, 0.1) is 13.2 Å². The van der Waals surface area contributed by atoms with E-state index in [1.165, 1.54) is 12.0 Å². The van der Waals surface area contributed by atoms with E-state index in [0.717, 1.165) is 38.0 Å². The molecule has 1 aliphatic heterocycles. The van der Waals surface area contributed by atoms with Crippen molar-refractivity contribution in [2.45, 2.75) is 87.4 Å². The van der Waals surface area contributed by atoms with Gasteiger partial charge in [0.2, 0.25) is 0 Å². The van der Waals surface area contributed by atoms with Gasteiger partial charge in [0.15, 0.2) is 6.29 Å². The van der Waals surface area contributed by atoms with E-state index < -0.39 is 0 Å². The van der Waals surface area contributed by atoms with Gasteiger partial charge < -0.3 is 14.6 Å². The van der Waals surface area contributed by atoms with Gasteiger partial charge in [0, 0.05) is 11.3 Å². The van der Waals surface area contributed by atoms with Crippen molar-refractivity contribution in [1.29, 1.82) is 0 Å². The van der Waals surface area contributed by atoms with Gasteiger partial charge in [-0.3, -0.25) is 0 Å². The highest BCUT2D eigenvalue weighted by atomic mass is 16.7. The zero-order chi connectivity index (χ0) is 19.8. The molecule has 2 aliphatic rings. The largest absolute Gasteiger partial charge is 0.511 e. The highest BCUT2D eigenvalue weighted by molar-refractivity contribution is 5.41. The quantitative estimate of drug-likeness (QED) is 0.626. The molecule has 0 aromatic heterocycles. The van der Waals surface area contributed by atoms with Crippen molar-refractivity contribution in [3.05, 3.63) is 23.0 Å². The van der Waals surface area contributed by atoms with Crippen molar-refractivity contribution in [3.8, 4) is 0 Å². The Morgan fingerprint density at radius 3 is 2.08 bits per heavy atom. The Hall–Kier alpha value is -0.800. The Morgan fingerprint density at radius 2 is 1.65 bits per heavy atom. The van der Waals surface area contributed by atoms with E-state index in [9.17, 15) is 5.11 Å². The molecule has 1 N–H and O–H groups in total. The average Bonchev–Trinajstić information content (AvgIpc) is 2.54. The number of aliphatic hydroxyl groups is 1. The number of allylic oxidation sites excluding steroid dienone is 3. The minimum atomic E-state index is -0.285. The molecule has 1 unspecified atom stereocenters. The fraction of sp³-hybridized carbons (Fsp3) is 0.826. The van der Waals surface area contributed by atoms with Gasteiger partial charge in [-0.15, -0.1) is 0 Å².